The number of aliphatic hydroxyl groups excluding tert-OH is 8. The monoisotopic (exact) mass is 600 g/mol. The van der Waals surface area contributed by atoms with E-state index in [-0.39, 0.29) is 17.1 Å². The highest BCUT2D eigenvalue weighted by atomic mass is 16.6. The van der Waals surface area contributed by atoms with Crippen molar-refractivity contribution >= 4 is 5.78 Å². The van der Waals surface area contributed by atoms with Crippen molar-refractivity contribution in [3.8, 4) is 28.7 Å². The Morgan fingerprint density at radius 2 is 1.17 bits per heavy atom. The topological polar surface area (TPSA) is 288 Å². The molecule has 0 saturated carbocycles. The van der Waals surface area contributed by atoms with Crippen molar-refractivity contribution in [2.75, 3.05) is 20.3 Å². The lowest BCUT2D eigenvalue weighted by Crippen LogP contribution is -2.55. The smallest absolute Gasteiger partial charge is 0.200 e. The summed E-state index contributed by atoms with van der Waals surface area (Å²) in [6.07, 6.45) is -19.0. The van der Waals surface area contributed by atoms with Gasteiger partial charge in [-0.1, -0.05) is 0 Å². The van der Waals surface area contributed by atoms with Crippen LogP contribution in [0.2, 0.25) is 0 Å². The van der Waals surface area contributed by atoms with Crippen molar-refractivity contribution in [3.63, 3.8) is 0 Å². The van der Waals surface area contributed by atoms with E-state index in [9.17, 15) is 66.1 Å². The van der Waals surface area contributed by atoms with Crippen LogP contribution < -0.4 is 4.74 Å². The Morgan fingerprint density at radius 3 is 1.57 bits per heavy atom. The Morgan fingerprint density at radius 1 is 0.714 bits per heavy atom. The van der Waals surface area contributed by atoms with Crippen LogP contribution in [-0.4, -0.2) is 136 Å². The molecule has 0 aliphatic carbocycles. The number of phenols is 4. The molecule has 2 heterocycles. The van der Waals surface area contributed by atoms with E-state index in [1.54, 1.807) is 0 Å². The first-order valence-electron chi connectivity index (χ1n) is 12.6. The molecule has 16 nitrogen and oxygen atoms in total. The number of aliphatic hydroxyl groups is 8. The Kier molecular flexibility index (Phi) is 9.14. The number of hydrogen-bond donors (Lipinski definition) is 12. The predicted octanol–water partition coefficient (Wildman–Crippen LogP) is -3.22. The summed E-state index contributed by atoms with van der Waals surface area (Å²) in [5, 5.41) is 126. The van der Waals surface area contributed by atoms with Crippen LogP contribution in [0.3, 0.4) is 0 Å². The van der Waals surface area contributed by atoms with E-state index in [4.69, 9.17) is 14.2 Å². The van der Waals surface area contributed by atoms with Crippen molar-refractivity contribution in [1.29, 1.82) is 0 Å². The van der Waals surface area contributed by atoms with Crippen molar-refractivity contribution < 1.29 is 80.3 Å². The summed E-state index contributed by atoms with van der Waals surface area (Å²) in [5.74, 6) is -5.27. The van der Waals surface area contributed by atoms with Crippen LogP contribution in [0, 0.1) is 0 Å². The quantitative estimate of drug-likeness (QED) is 0.139. The highest BCUT2D eigenvalue weighted by Crippen LogP contribution is 2.53. The van der Waals surface area contributed by atoms with Gasteiger partial charge in [0.15, 0.2) is 11.5 Å². The number of ketones is 1. The molecule has 2 saturated heterocycles. The van der Waals surface area contributed by atoms with Gasteiger partial charge in [-0.3, -0.25) is 4.79 Å². The average Bonchev–Trinajstić information content (AvgIpc) is 2.97. The molecule has 4 rings (SSSR count). The van der Waals surface area contributed by atoms with Crippen molar-refractivity contribution in [2.45, 2.75) is 61.0 Å². The first kappa shape index (κ1) is 31.6. The highest BCUT2D eigenvalue weighted by Gasteiger charge is 2.50. The molecule has 42 heavy (non-hydrogen) atoms. The zero-order chi connectivity index (χ0) is 31.2. The van der Waals surface area contributed by atoms with Crippen LogP contribution in [0.1, 0.15) is 39.3 Å². The van der Waals surface area contributed by atoms with Gasteiger partial charge in [0.25, 0.3) is 0 Å². The maximum absolute atomic E-state index is 13.7. The SMILES string of the molecule is COc1cc(C(=O)c2c(O)c([C@@H]3O[C@H](CO)[C@@H](O)[C@H](O)[C@H]3O)c(O)c([C@@H]3O[C@H](CO)[C@@H](O)[C@H](O)[C@H]3O)c2O)ccc1O. The van der Waals surface area contributed by atoms with Crippen molar-refractivity contribution in [2.24, 2.45) is 0 Å². The summed E-state index contributed by atoms with van der Waals surface area (Å²) in [7, 11) is 1.19. The number of methoxy groups -OCH3 is 1. The molecule has 0 amide bonds. The Labute approximate surface area is 237 Å². The Bertz CT molecular complexity index is 1250. The number of rotatable bonds is 7. The second kappa shape index (κ2) is 12.1. The lowest BCUT2D eigenvalue weighted by molar-refractivity contribution is -0.234. The zero-order valence-electron chi connectivity index (χ0n) is 21.9. The number of carbonyl (C=O) groups is 1. The summed E-state index contributed by atoms with van der Waals surface area (Å²) in [6.45, 7) is -1.81. The van der Waals surface area contributed by atoms with Crippen molar-refractivity contribution in [3.05, 3.63) is 40.5 Å². The fraction of sp³-hybridized carbons (Fsp3) is 0.500. The second-order valence-corrected chi connectivity index (χ2v) is 9.96. The van der Waals surface area contributed by atoms with Gasteiger partial charge in [0, 0.05) is 5.56 Å². The van der Waals surface area contributed by atoms with Crippen molar-refractivity contribution in [1.82, 2.24) is 0 Å². The Balaban J connectivity index is 2.00. The van der Waals surface area contributed by atoms with E-state index in [1.807, 2.05) is 0 Å². The first-order chi connectivity index (χ1) is 19.8. The van der Waals surface area contributed by atoms with Gasteiger partial charge in [0.2, 0.25) is 5.78 Å². The maximum atomic E-state index is 13.7. The van der Waals surface area contributed by atoms with E-state index in [0.29, 0.717) is 0 Å². The molecule has 2 aliphatic rings. The Hall–Kier alpha value is -3.29. The number of hydrogen-bond acceptors (Lipinski definition) is 16. The average molecular weight is 601 g/mol. The van der Waals surface area contributed by atoms with E-state index < -0.39 is 114 Å². The third-order valence-corrected chi connectivity index (χ3v) is 7.52. The van der Waals surface area contributed by atoms with Gasteiger partial charge < -0.3 is 75.5 Å². The van der Waals surface area contributed by atoms with Gasteiger partial charge in [-0.15, -0.1) is 0 Å². The molecule has 0 unspecified atom stereocenters. The lowest BCUT2D eigenvalue weighted by atomic mass is 9.83. The molecular formula is C26H32O16. The largest absolute Gasteiger partial charge is 0.507 e. The third-order valence-electron chi connectivity index (χ3n) is 7.52. The van der Waals surface area contributed by atoms with Gasteiger partial charge in [-0.05, 0) is 18.2 Å². The highest BCUT2D eigenvalue weighted by molar-refractivity contribution is 6.13. The molecule has 2 aromatic rings. The number of phenolic OH excluding ortho intramolecular Hbond substituents is 4. The fourth-order valence-electron chi connectivity index (χ4n) is 5.15. The first-order valence-corrected chi connectivity index (χ1v) is 12.6. The third kappa shape index (κ3) is 5.11. The van der Waals surface area contributed by atoms with Gasteiger partial charge in [-0.25, -0.2) is 0 Å². The summed E-state index contributed by atoms with van der Waals surface area (Å²) < 4.78 is 15.9. The minimum atomic E-state index is -2.11. The molecule has 12 N–H and O–H groups in total. The van der Waals surface area contributed by atoms with Gasteiger partial charge in [-0.2, -0.15) is 0 Å². The molecule has 2 aromatic carbocycles. The second-order valence-electron chi connectivity index (χ2n) is 9.96. The molecule has 2 fully saturated rings. The number of ether oxygens (including phenoxy) is 3. The molecule has 0 aromatic heterocycles. The molecule has 0 radical (unpaired) electrons. The predicted molar refractivity (Wildman–Crippen MR) is 135 cm³/mol. The fourth-order valence-corrected chi connectivity index (χ4v) is 5.15. The number of benzene rings is 2. The number of carbonyl (C=O) groups excluding carboxylic acids is 1. The van der Waals surface area contributed by atoms with Gasteiger partial charge in [0.05, 0.1) is 31.5 Å². The van der Waals surface area contributed by atoms with Gasteiger partial charge in [0.1, 0.15) is 83.9 Å². The molecular weight excluding hydrogens is 568 g/mol. The summed E-state index contributed by atoms with van der Waals surface area (Å²) in [5.41, 5.74) is -2.98. The minimum Gasteiger partial charge on any atom is -0.507 e. The summed E-state index contributed by atoms with van der Waals surface area (Å²) in [4.78, 5) is 13.7. The van der Waals surface area contributed by atoms with Crippen LogP contribution in [0.4, 0.5) is 0 Å². The van der Waals surface area contributed by atoms with Crippen LogP contribution in [0.15, 0.2) is 18.2 Å². The zero-order valence-corrected chi connectivity index (χ0v) is 21.9. The number of aromatic hydroxyl groups is 4. The molecule has 16 heteroatoms. The van der Waals surface area contributed by atoms with E-state index in [0.717, 1.165) is 18.2 Å². The molecule has 2 aliphatic heterocycles. The molecule has 0 spiro atoms. The van der Waals surface area contributed by atoms with E-state index in [2.05, 4.69) is 0 Å². The maximum Gasteiger partial charge on any atom is 0.200 e. The molecule has 0 bridgehead atoms. The standard InChI is InChI=1S/C26H32O16/c1-40-9-4-7(2-3-8(9)29)15(30)12-18(33)13(25-23(38)21(36)16(31)10(5-27)41-25)20(35)14(19(12)34)26-24(39)22(37)17(32)11(6-28)42-26/h2-4,10-11,16-17,21-29,31-39H,5-6H2,1H3/t10-,11-,16-,17-,21+,22+,23-,24-,25+,26+/m1/s1. The van der Waals surface area contributed by atoms with Crippen LogP contribution in [-0.2, 0) is 9.47 Å². The lowest BCUT2D eigenvalue weighted by Gasteiger charge is -2.42. The van der Waals surface area contributed by atoms with Crippen LogP contribution in [0.5, 0.6) is 28.7 Å². The molecule has 232 valence electrons. The summed E-state index contributed by atoms with van der Waals surface area (Å²) in [6, 6.07) is 3.20. The van der Waals surface area contributed by atoms with Gasteiger partial charge >= 0.3 is 0 Å². The van der Waals surface area contributed by atoms with E-state index >= 15 is 0 Å². The normalized spacial score (nSPS) is 33.4. The van der Waals surface area contributed by atoms with E-state index in [1.165, 1.54) is 7.11 Å². The van der Waals surface area contributed by atoms with Crippen LogP contribution >= 0.6 is 0 Å². The summed E-state index contributed by atoms with van der Waals surface area (Å²) >= 11 is 0. The minimum absolute atomic E-state index is 0.179. The van der Waals surface area contributed by atoms with Crippen LogP contribution in [0.25, 0.3) is 0 Å². The molecule has 10 atom stereocenters.